The van der Waals surface area contributed by atoms with E-state index in [1.807, 2.05) is 0 Å². The zero-order chi connectivity index (χ0) is 62.9. The first kappa shape index (κ1) is 53.3. The van der Waals surface area contributed by atoms with Gasteiger partial charge in [-0.05, 0) is 131 Å². The number of hydrogen-bond donors (Lipinski definition) is 0. The van der Waals surface area contributed by atoms with E-state index in [4.69, 9.17) is 23.6 Å². The summed E-state index contributed by atoms with van der Waals surface area (Å²) in [5.74, 6) is 0. The van der Waals surface area contributed by atoms with Gasteiger partial charge in [0.15, 0.2) is 0 Å². The average Bonchev–Trinajstić information content (AvgIpc) is 0.648. The zero-order valence-electron chi connectivity index (χ0n) is 51.4. The third-order valence-electron chi connectivity index (χ3n) is 21.0. The van der Waals surface area contributed by atoms with Crippen LogP contribution in [0, 0.1) is 0 Å². The van der Waals surface area contributed by atoms with Gasteiger partial charge in [-0.3, -0.25) is 0 Å². The largest absolute Gasteiger partial charge is 0.309 e. The second-order valence-electron chi connectivity index (χ2n) is 25.8. The lowest BCUT2D eigenvalue weighted by Crippen LogP contribution is -2.49. The summed E-state index contributed by atoms with van der Waals surface area (Å²) in [6, 6.07) is 111. The van der Waals surface area contributed by atoms with Crippen molar-refractivity contribution >= 4 is 224 Å². The van der Waals surface area contributed by atoms with Crippen LogP contribution >= 0.6 is 12.1 Å². The molecule has 0 fully saturated rings. The summed E-state index contributed by atoms with van der Waals surface area (Å²) in [6.45, 7) is 0. The third-order valence-corrected chi connectivity index (χ3v) is 30.7. The molecule has 2 unspecified atom stereocenters. The van der Waals surface area contributed by atoms with Crippen LogP contribution < -0.4 is 61.2 Å². The second-order valence-corrected chi connectivity index (χ2v) is 34.2. The normalized spacial score (nSPS) is 17.0. The van der Waals surface area contributed by atoms with Gasteiger partial charge in [-0.25, -0.2) is 0 Å². The first-order valence-electron chi connectivity index (χ1n) is 32.7. The highest BCUT2D eigenvalue weighted by atomic mass is 32.4. The van der Waals surface area contributed by atoms with Gasteiger partial charge < -0.3 is 29.4 Å². The van der Waals surface area contributed by atoms with Crippen molar-refractivity contribution in [3.05, 3.63) is 315 Å². The molecule has 10 heteroatoms. The third kappa shape index (κ3) is 6.67. The molecule has 6 aliphatic rings. The van der Waals surface area contributed by atoms with Crippen LogP contribution in [-0.2, 0) is 23.6 Å². The van der Waals surface area contributed by atoms with Crippen LogP contribution in [0.15, 0.2) is 315 Å². The fraction of sp³-hybridized carbons (Fsp3) is 0. The highest BCUT2D eigenvalue weighted by molar-refractivity contribution is 8.27. The minimum atomic E-state index is -3.22. The molecule has 6 nitrogen and oxygen atoms in total. The molecule has 0 saturated heterocycles. The van der Waals surface area contributed by atoms with Crippen molar-refractivity contribution < 1.29 is 0 Å². The van der Waals surface area contributed by atoms with Crippen LogP contribution in [0.3, 0.4) is 0 Å². The topological polar surface area (TPSA) is 19.4 Å². The van der Waals surface area contributed by atoms with Gasteiger partial charge >= 0.3 is 0 Å². The number of rotatable bonds is 6. The lowest BCUT2D eigenvalue weighted by atomic mass is 9.95. The Morgan fingerprint density at radius 1 is 0.177 bits per heavy atom. The number of para-hydroxylation sites is 6. The van der Waals surface area contributed by atoms with Crippen molar-refractivity contribution in [3.8, 4) is 0 Å². The van der Waals surface area contributed by atoms with E-state index in [1.165, 1.54) is 53.4 Å². The Morgan fingerprint density at radius 2 is 0.365 bits per heavy atom. The van der Waals surface area contributed by atoms with E-state index in [0.717, 1.165) is 135 Å². The van der Waals surface area contributed by atoms with Gasteiger partial charge in [-0.15, -0.1) is 0 Å². The molecule has 0 saturated carbocycles. The van der Waals surface area contributed by atoms with Gasteiger partial charge in [-0.2, -0.15) is 0 Å². The summed E-state index contributed by atoms with van der Waals surface area (Å²) >= 11 is 16.5. The minimum Gasteiger partial charge on any atom is -0.309 e. The fourth-order valence-corrected chi connectivity index (χ4v) is 28.0. The summed E-state index contributed by atoms with van der Waals surface area (Å²) < 4.78 is 0. The maximum absolute atomic E-state index is 8.27. The van der Waals surface area contributed by atoms with Crippen LogP contribution in [-0.4, -0.2) is 0 Å². The summed E-state index contributed by atoms with van der Waals surface area (Å²) in [5.41, 5.74) is 19.7. The molecule has 0 radical (unpaired) electrons. The maximum Gasteiger partial charge on any atom is 0.0653 e. The van der Waals surface area contributed by atoms with Crippen LogP contribution in [0.5, 0.6) is 0 Å². The lowest BCUT2D eigenvalue weighted by Gasteiger charge is -2.54. The molecule has 0 spiro atoms. The van der Waals surface area contributed by atoms with E-state index in [0.29, 0.717) is 0 Å². The summed E-state index contributed by atoms with van der Waals surface area (Å²) in [4.78, 5) is 15.6. The Labute approximate surface area is 564 Å². The summed E-state index contributed by atoms with van der Waals surface area (Å²) in [7, 11) is 0. The van der Waals surface area contributed by atoms with Crippen LogP contribution in [0.1, 0.15) is 0 Å². The molecule has 16 aromatic rings. The number of anilines is 18. The maximum atomic E-state index is 8.27. The van der Waals surface area contributed by atoms with E-state index in [1.54, 1.807) is 0 Å². The quantitative estimate of drug-likeness (QED) is 0.152. The summed E-state index contributed by atoms with van der Waals surface area (Å²) in [5, 5.41) is 18.6. The van der Waals surface area contributed by atoms with Crippen LogP contribution in [0.4, 0.5) is 102 Å². The van der Waals surface area contributed by atoms with Gasteiger partial charge in [0, 0.05) is 98.3 Å². The molecule has 0 aromatic heterocycles. The molecule has 2 atom stereocenters. The zero-order valence-corrected chi connectivity index (χ0v) is 54.8. The summed E-state index contributed by atoms with van der Waals surface area (Å²) in [6.07, 6.45) is 0. The molecule has 448 valence electrons. The Balaban J connectivity index is 1.00. The van der Waals surface area contributed by atoms with E-state index in [2.05, 4.69) is 345 Å². The molecular formula is C86H52N6P2S2. The molecule has 0 N–H and O–H groups in total. The first-order valence-corrected chi connectivity index (χ1v) is 38.3. The number of fused-ring (bicyclic) bond motifs is 11. The van der Waals surface area contributed by atoms with Crippen LogP contribution in [0.25, 0.3) is 53.9 Å². The Morgan fingerprint density at radius 3 is 0.625 bits per heavy atom. The van der Waals surface area contributed by atoms with Crippen molar-refractivity contribution in [3.63, 3.8) is 0 Å². The molecule has 16 aromatic carbocycles. The molecule has 6 heterocycles. The minimum absolute atomic E-state index is 1.05. The number of nitrogens with zero attached hydrogens (tertiary/aromatic N) is 6. The molecule has 22 rings (SSSR count). The van der Waals surface area contributed by atoms with E-state index < -0.39 is 12.1 Å². The van der Waals surface area contributed by atoms with Gasteiger partial charge in [-0.1, -0.05) is 230 Å². The smallest absolute Gasteiger partial charge is 0.0653 e. The highest BCUT2D eigenvalue weighted by Gasteiger charge is 2.57. The predicted octanol–water partition coefficient (Wildman–Crippen LogP) is 21.7. The average molecular weight is 1300 g/mol. The van der Waals surface area contributed by atoms with E-state index >= 15 is 0 Å². The van der Waals surface area contributed by atoms with Crippen molar-refractivity contribution in [1.82, 2.24) is 0 Å². The number of hydrogen-bond acceptors (Lipinski definition) is 8. The monoisotopic (exact) mass is 1290 g/mol. The molecular weight excluding hydrogens is 1240 g/mol. The Hall–Kier alpha value is -11.1. The Kier molecular flexibility index (Phi) is 10.7. The van der Waals surface area contributed by atoms with Gasteiger partial charge in [0.05, 0.1) is 80.3 Å². The van der Waals surface area contributed by atoms with Crippen LogP contribution in [0.2, 0.25) is 0 Å². The SMILES string of the molecule is S=P12c3c4cc5ccccc5c3N(c3ccccc3)c3c1c(cc1ccccc31)N(c1ccccc1)c1c2c(cc2c3c5c(cc12)N(c1ccccc1)c1cc2ccccc2c2c1P5(=S)c1c(cc5ccccc5c1N2c1ccccc1)N3c1ccccc1)N4c1ccccc1. The van der Waals surface area contributed by atoms with Crippen molar-refractivity contribution in [2.24, 2.45) is 0 Å². The van der Waals surface area contributed by atoms with Crippen molar-refractivity contribution in [1.29, 1.82) is 0 Å². The number of benzene rings is 16. The molecule has 6 aliphatic heterocycles. The van der Waals surface area contributed by atoms with Gasteiger partial charge in [0.2, 0.25) is 0 Å². The van der Waals surface area contributed by atoms with Gasteiger partial charge in [0.25, 0.3) is 0 Å². The lowest BCUT2D eigenvalue weighted by molar-refractivity contribution is 1.24. The van der Waals surface area contributed by atoms with Crippen molar-refractivity contribution in [2.45, 2.75) is 0 Å². The molecule has 0 bridgehead atoms. The fourth-order valence-electron chi connectivity index (χ4n) is 17.4. The van der Waals surface area contributed by atoms with Gasteiger partial charge in [0.1, 0.15) is 0 Å². The standard InChI is InChI=1S/C86H52N6P2S2/c95-93-81-69-47-53-27-19-23-43-63(53)75(81)91(61-39-15-5-16-40-61)77-65-45-25-21-29-55(65)49-71(83(77)93)89(59-35-11-3-12-36-59)79-68-52-74-86-80(67(68)51-73(85(79)93)87(69)57-31-7-1-8-32-57)90(60-37-13-4-14-38-60)72-50-56-30-22-26-46-66(56)78-84(72)94(86,96)82-70(88(74)58-33-9-2-10-34-58)48-54-28-20-24-44-64(54)76(82)92(78)62-41-17-6-18-42-62/h1-52H. The second kappa shape index (κ2) is 19.3. The highest BCUT2D eigenvalue weighted by Crippen LogP contribution is 2.74. The first-order chi connectivity index (χ1) is 47.5. The predicted molar refractivity (Wildman–Crippen MR) is 416 cm³/mol. The molecule has 96 heavy (non-hydrogen) atoms. The van der Waals surface area contributed by atoms with E-state index in [-0.39, 0.29) is 0 Å². The van der Waals surface area contributed by atoms with Crippen molar-refractivity contribution in [2.75, 3.05) is 29.4 Å². The molecule has 0 amide bonds. The Bertz CT molecular complexity index is 5810. The van der Waals surface area contributed by atoms with E-state index in [9.17, 15) is 0 Å². The molecule has 0 aliphatic carbocycles.